The van der Waals surface area contributed by atoms with Crippen LogP contribution in [0, 0.1) is 6.92 Å². The maximum atomic E-state index is 11.4. The second kappa shape index (κ2) is 3.59. The normalized spacial score (nSPS) is 22.6. The first-order valence-corrected chi connectivity index (χ1v) is 5.55. The van der Waals surface area contributed by atoms with Crippen molar-refractivity contribution in [2.75, 3.05) is 6.54 Å². The zero-order chi connectivity index (χ0) is 11.9. The molecule has 0 unspecified atom stereocenters. The van der Waals surface area contributed by atoms with Crippen molar-refractivity contribution in [3.63, 3.8) is 0 Å². The lowest BCUT2D eigenvalue weighted by molar-refractivity contribution is -0.120. The van der Waals surface area contributed by atoms with Crippen molar-refractivity contribution in [1.82, 2.24) is 5.32 Å². The molecule has 3 nitrogen and oxygen atoms in total. The van der Waals surface area contributed by atoms with E-state index in [1.165, 1.54) is 5.56 Å². The van der Waals surface area contributed by atoms with Gasteiger partial charge in [-0.2, -0.15) is 0 Å². The number of carbonyl (C=O) groups excluding carboxylic acids is 1. The number of primary amides is 1. The highest BCUT2D eigenvalue weighted by Crippen LogP contribution is 2.34. The molecule has 3 heteroatoms. The SMILES string of the molecule is Cc1ccc2c(c1)[C@@H](C(N)=O)NCC2(C)C. The van der Waals surface area contributed by atoms with Crippen molar-refractivity contribution in [2.45, 2.75) is 32.2 Å². The molecule has 0 radical (unpaired) electrons. The van der Waals surface area contributed by atoms with E-state index in [4.69, 9.17) is 5.73 Å². The second-order valence-electron chi connectivity index (χ2n) is 5.19. The second-order valence-corrected chi connectivity index (χ2v) is 5.19. The summed E-state index contributed by atoms with van der Waals surface area (Å²) >= 11 is 0. The third-order valence-electron chi connectivity index (χ3n) is 3.28. The largest absolute Gasteiger partial charge is 0.368 e. The van der Waals surface area contributed by atoms with Gasteiger partial charge in [-0.15, -0.1) is 0 Å². The maximum absolute atomic E-state index is 11.4. The first kappa shape index (κ1) is 11.1. The number of hydrogen-bond donors (Lipinski definition) is 2. The Morgan fingerprint density at radius 1 is 1.50 bits per heavy atom. The van der Waals surface area contributed by atoms with Crippen molar-refractivity contribution >= 4 is 5.91 Å². The summed E-state index contributed by atoms with van der Waals surface area (Å²) in [4.78, 5) is 11.4. The molecule has 0 saturated heterocycles. The number of nitrogens with two attached hydrogens (primary N) is 1. The Morgan fingerprint density at radius 3 is 2.81 bits per heavy atom. The monoisotopic (exact) mass is 218 g/mol. The molecule has 1 aromatic carbocycles. The minimum absolute atomic E-state index is 0.0506. The van der Waals surface area contributed by atoms with Crippen molar-refractivity contribution in [2.24, 2.45) is 5.73 Å². The lowest BCUT2D eigenvalue weighted by Crippen LogP contribution is -2.46. The Balaban J connectivity index is 2.58. The van der Waals surface area contributed by atoms with Gasteiger partial charge in [-0.1, -0.05) is 37.6 Å². The fourth-order valence-corrected chi connectivity index (χ4v) is 2.35. The van der Waals surface area contributed by atoms with Crippen molar-refractivity contribution in [3.8, 4) is 0 Å². The smallest absolute Gasteiger partial charge is 0.239 e. The predicted octanol–water partition coefficient (Wildman–Crippen LogP) is 1.40. The van der Waals surface area contributed by atoms with Crippen LogP contribution in [-0.2, 0) is 10.2 Å². The molecule has 1 atom stereocenters. The summed E-state index contributed by atoms with van der Waals surface area (Å²) in [6.07, 6.45) is 0. The van der Waals surface area contributed by atoms with Crippen LogP contribution in [0.4, 0.5) is 0 Å². The molecular weight excluding hydrogens is 200 g/mol. The number of hydrogen-bond acceptors (Lipinski definition) is 2. The van der Waals surface area contributed by atoms with Crippen LogP contribution in [0.15, 0.2) is 18.2 Å². The minimum atomic E-state index is -0.345. The number of carbonyl (C=O) groups is 1. The van der Waals surface area contributed by atoms with E-state index < -0.39 is 0 Å². The van der Waals surface area contributed by atoms with Crippen molar-refractivity contribution in [3.05, 3.63) is 34.9 Å². The number of aryl methyl sites for hydroxylation is 1. The van der Waals surface area contributed by atoms with Gasteiger partial charge in [0.1, 0.15) is 6.04 Å². The van der Waals surface area contributed by atoms with E-state index in [-0.39, 0.29) is 17.4 Å². The number of benzene rings is 1. The summed E-state index contributed by atoms with van der Waals surface area (Å²) in [6.45, 7) is 7.15. The molecule has 1 aliphatic rings. The topological polar surface area (TPSA) is 55.1 Å². The summed E-state index contributed by atoms with van der Waals surface area (Å²) in [5, 5.41) is 3.22. The Kier molecular flexibility index (Phi) is 2.50. The molecule has 16 heavy (non-hydrogen) atoms. The quantitative estimate of drug-likeness (QED) is 0.748. The van der Waals surface area contributed by atoms with Gasteiger partial charge in [0.25, 0.3) is 0 Å². The Bertz CT molecular complexity index is 438. The highest BCUT2D eigenvalue weighted by Gasteiger charge is 2.34. The van der Waals surface area contributed by atoms with E-state index in [2.05, 4.69) is 37.4 Å². The first-order chi connectivity index (χ1) is 7.42. The van der Waals surface area contributed by atoms with E-state index in [0.717, 1.165) is 17.7 Å². The van der Waals surface area contributed by atoms with Crippen LogP contribution in [0.25, 0.3) is 0 Å². The molecule has 1 amide bonds. The van der Waals surface area contributed by atoms with Gasteiger partial charge in [0.05, 0.1) is 0 Å². The summed E-state index contributed by atoms with van der Waals surface area (Å²) in [7, 11) is 0. The molecule has 86 valence electrons. The van der Waals surface area contributed by atoms with Gasteiger partial charge in [0.2, 0.25) is 5.91 Å². The fourth-order valence-electron chi connectivity index (χ4n) is 2.35. The molecule has 0 spiro atoms. The minimum Gasteiger partial charge on any atom is -0.368 e. The highest BCUT2D eigenvalue weighted by molar-refractivity contribution is 5.82. The van der Waals surface area contributed by atoms with E-state index in [1.54, 1.807) is 0 Å². The van der Waals surface area contributed by atoms with Crippen molar-refractivity contribution in [1.29, 1.82) is 0 Å². The number of fused-ring (bicyclic) bond motifs is 1. The van der Waals surface area contributed by atoms with E-state index in [0.29, 0.717) is 0 Å². The van der Waals surface area contributed by atoms with Crippen LogP contribution < -0.4 is 11.1 Å². The van der Waals surface area contributed by atoms with E-state index in [9.17, 15) is 4.79 Å². The average molecular weight is 218 g/mol. The van der Waals surface area contributed by atoms with Crippen molar-refractivity contribution < 1.29 is 4.79 Å². The molecule has 0 bridgehead atoms. The van der Waals surface area contributed by atoms with Gasteiger partial charge in [0.15, 0.2) is 0 Å². The predicted molar refractivity (Wildman–Crippen MR) is 64.1 cm³/mol. The standard InChI is InChI=1S/C13H18N2O/c1-8-4-5-10-9(6-8)11(12(14)16)15-7-13(10,2)3/h4-6,11,15H,7H2,1-3H3,(H2,14,16)/t11-/m0/s1. The zero-order valence-corrected chi connectivity index (χ0v) is 10.0. The van der Waals surface area contributed by atoms with Crippen LogP contribution in [0.3, 0.4) is 0 Å². The number of rotatable bonds is 1. The van der Waals surface area contributed by atoms with Crippen LogP contribution in [0.5, 0.6) is 0 Å². The van der Waals surface area contributed by atoms with E-state index in [1.807, 2.05) is 6.92 Å². The number of amides is 1. The lowest BCUT2D eigenvalue weighted by Gasteiger charge is -2.37. The van der Waals surface area contributed by atoms with Gasteiger partial charge in [0, 0.05) is 12.0 Å². The molecule has 0 aliphatic carbocycles. The van der Waals surface area contributed by atoms with Crippen LogP contribution in [0.1, 0.15) is 36.6 Å². The molecule has 1 aromatic rings. The fraction of sp³-hybridized carbons (Fsp3) is 0.462. The molecule has 0 aromatic heterocycles. The summed E-state index contributed by atoms with van der Waals surface area (Å²) < 4.78 is 0. The molecule has 0 saturated carbocycles. The van der Waals surface area contributed by atoms with Gasteiger partial charge in [-0.3, -0.25) is 4.79 Å². The summed E-state index contributed by atoms with van der Waals surface area (Å²) in [6, 6.07) is 5.91. The zero-order valence-electron chi connectivity index (χ0n) is 10.0. The van der Waals surface area contributed by atoms with Gasteiger partial charge in [-0.25, -0.2) is 0 Å². The summed E-state index contributed by atoms with van der Waals surface area (Å²) in [5.41, 5.74) is 8.88. The third kappa shape index (κ3) is 1.71. The highest BCUT2D eigenvalue weighted by atomic mass is 16.1. The molecule has 3 N–H and O–H groups in total. The van der Waals surface area contributed by atoms with Gasteiger partial charge < -0.3 is 11.1 Å². The van der Waals surface area contributed by atoms with E-state index >= 15 is 0 Å². The van der Waals surface area contributed by atoms with Gasteiger partial charge >= 0.3 is 0 Å². The Morgan fingerprint density at radius 2 is 2.19 bits per heavy atom. The lowest BCUT2D eigenvalue weighted by atomic mass is 9.76. The summed E-state index contributed by atoms with van der Waals surface area (Å²) in [5.74, 6) is -0.303. The van der Waals surface area contributed by atoms with Gasteiger partial charge in [-0.05, 0) is 18.1 Å². The van der Waals surface area contributed by atoms with Crippen LogP contribution >= 0.6 is 0 Å². The third-order valence-corrected chi connectivity index (χ3v) is 3.28. The molecule has 1 aliphatic heterocycles. The first-order valence-electron chi connectivity index (χ1n) is 5.55. The molecule has 0 fully saturated rings. The Hall–Kier alpha value is -1.35. The number of nitrogens with one attached hydrogen (secondary N) is 1. The average Bonchev–Trinajstić information content (AvgIpc) is 2.16. The maximum Gasteiger partial charge on any atom is 0.239 e. The molecular formula is C13H18N2O. The molecule has 1 heterocycles. The molecule has 2 rings (SSSR count). The Labute approximate surface area is 96.0 Å². The van der Waals surface area contributed by atoms with Crippen LogP contribution in [-0.4, -0.2) is 12.5 Å². The van der Waals surface area contributed by atoms with Crippen LogP contribution in [0.2, 0.25) is 0 Å².